The van der Waals surface area contributed by atoms with Gasteiger partial charge in [0.15, 0.2) is 11.5 Å². The molecule has 4 N–H and O–H groups in total. The highest BCUT2D eigenvalue weighted by Gasteiger charge is 2.34. The highest BCUT2D eigenvalue weighted by atomic mass is 19.4. The monoisotopic (exact) mass is 276 g/mol. The van der Waals surface area contributed by atoms with E-state index in [4.69, 9.17) is 11.5 Å². The second kappa shape index (κ2) is 4.35. The Morgan fingerprint density at radius 1 is 0.722 bits per heavy atom. The van der Waals surface area contributed by atoms with Crippen molar-refractivity contribution >= 4 is 11.4 Å². The first-order valence-electron chi connectivity index (χ1n) is 4.18. The second-order valence-corrected chi connectivity index (χ2v) is 3.02. The lowest BCUT2D eigenvalue weighted by Gasteiger charge is -2.15. The van der Waals surface area contributed by atoms with E-state index in [0.717, 1.165) is 0 Å². The van der Waals surface area contributed by atoms with Crippen LogP contribution in [0.2, 0.25) is 0 Å². The molecular weight excluding hydrogens is 270 g/mol. The SMILES string of the molecule is Nc1cc(OC(F)(F)F)c(N)cc1OC(F)(F)F. The van der Waals surface area contributed by atoms with Gasteiger partial charge in [-0.15, -0.1) is 26.3 Å². The molecule has 0 aliphatic rings. The summed E-state index contributed by atoms with van der Waals surface area (Å²) in [6.07, 6.45) is -10.1. The highest BCUT2D eigenvalue weighted by Crippen LogP contribution is 2.37. The van der Waals surface area contributed by atoms with E-state index in [1.54, 1.807) is 0 Å². The summed E-state index contributed by atoms with van der Waals surface area (Å²) in [5.41, 5.74) is 8.79. The van der Waals surface area contributed by atoms with Crippen LogP contribution in [0.5, 0.6) is 11.5 Å². The summed E-state index contributed by atoms with van der Waals surface area (Å²) < 4.78 is 78.3. The van der Waals surface area contributed by atoms with Crippen molar-refractivity contribution in [2.24, 2.45) is 0 Å². The van der Waals surface area contributed by atoms with Crippen molar-refractivity contribution in [3.8, 4) is 11.5 Å². The topological polar surface area (TPSA) is 70.5 Å². The summed E-state index contributed by atoms with van der Waals surface area (Å²) in [5.74, 6) is -1.82. The summed E-state index contributed by atoms with van der Waals surface area (Å²) in [7, 11) is 0. The summed E-state index contributed by atoms with van der Waals surface area (Å²) in [6.45, 7) is 0. The number of nitrogen functional groups attached to an aromatic ring is 2. The average molecular weight is 276 g/mol. The third-order valence-corrected chi connectivity index (χ3v) is 1.59. The number of hydrogen-bond acceptors (Lipinski definition) is 4. The highest BCUT2D eigenvalue weighted by molar-refractivity contribution is 5.67. The van der Waals surface area contributed by atoms with E-state index in [9.17, 15) is 26.3 Å². The summed E-state index contributed by atoms with van der Waals surface area (Å²) in [6, 6.07) is 0.980. The van der Waals surface area contributed by atoms with Crippen molar-refractivity contribution in [3.63, 3.8) is 0 Å². The minimum atomic E-state index is -5.03. The van der Waals surface area contributed by atoms with E-state index in [1.165, 1.54) is 0 Å². The minimum Gasteiger partial charge on any atom is -0.403 e. The molecule has 0 bridgehead atoms. The van der Waals surface area contributed by atoms with Gasteiger partial charge in [0, 0.05) is 12.1 Å². The number of nitrogens with two attached hydrogens (primary N) is 2. The first-order valence-corrected chi connectivity index (χ1v) is 4.18. The first-order chi connectivity index (χ1) is 7.98. The quantitative estimate of drug-likeness (QED) is 0.643. The van der Waals surface area contributed by atoms with Crippen LogP contribution in [0.4, 0.5) is 37.7 Å². The number of rotatable bonds is 2. The summed E-state index contributed by atoms with van der Waals surface area (Å²) in [4.78, 5) is 0. The van der Waals surface area contributed by atoms with Gasteiger partial charge in [-0.3, -0.25) is 0 Å². The fourth-order valence-corrected chi connectivity index (χ4v) is 1.02. The standard InChI is InChI=1S/C8H6F6N2O2/c9-7(10,11)17-5-1-3(15)6(2-4(5)16)18-8(12,13)14/h1-2H,15-16H2. The van der Waals surface area contributed by atoms with Gasteiger partial charge in [-0.2, -0.15) is 0 Å². The van der Waals surface area contributed by atoms with Crippen LogP contribution in [0.3, 0.4) is 0 Å². The van der Waals surface area contributed by atoms with Gasteiger partial charge in [-0.1, -0.05) is 0 Å². The molecule has 18 heavy (non-hydrogen) atoms. The van der Waals surface area contributed by atoms with E-state index in [-0.39, 0.29) is 0 Å². The third-order valence-electron chi connectivity index (χ3n) is 1.59. The molecule has 0 aromatic heterocycles. The van der Waals surface area contributed by atoms with Crippen LogP contribution in [0.15, 0.2) is 12.1 Å². The van der Waals surface area contributed by atoms with Crippen molar-refractivity contribution in [2.45, 2.75) is 12.7 Å². The summed E-state index contributed by atoms with van der Waals surface area (Å²) in [5, 5.41) is 0. The Morgan fingerprint density at radius 3 is 1.22 bits per heavy atom. The number of hydrogen-bond donors (Lipinski definition) is 2. The van der Waals surface area contributed by atoms with Crippen LogP contribution < -0.4 is 20.9 Å². The fraction of sp³-hybridized carbons (Fsp3) is 0.250. The maximum Gasteiger partial charge on any atom is 0.573 e. The second-order valence-electron chi connectivity index (χ2n) is 3.02. The number of alkyl halides is 6. The zero-order valence-corrected chi connectivity index (χ0v) is 8.39. The maximum atomic E-state index is 11.9. The third kappa shape index (κ3) is 4.11. The predicted molar refractivity (Wildman–Crippen MR) is 48.6 cm³/mol. The van der Waals surface area contributed by atoms with Gasteiger partial charge in [-0.25, -0.2) is 0 Å². The smallest absolute Gasteiger partial charge is 0.403 e. The molecular formula is C8H6F6N2O2. The van der Waals surface area contributed by atoms with Crippen LogP contribution in [-0.2, 0) is 0 Å². The molecule has 0 spiro atoms. The maximum absolute atomic E-state index is 11.9. The molecule has 0 amide bonds. The molecule has 0 radical (unpaired) electrons. The molecule has 0 fully saturated rings. The number of halogens is 6. The molecule has 102 valence electrons. The number of ether oxygens (including phenoxy) is 2. The Morgan fingerprint density at radius 2 is 1.00 bits per heavy atom. The lowest BCUT2D eigenvalue weighted by Crippen LogP contribution is -2.20. The van der Waals surface area contributed by atoms with Gasteiger partial charge >= 0.3 is 12.7 Å². The van der Waals surface area contributed by atoms with E-state index in [0.29, 0.717) is 12.1 Å². The molecule has 10 heteroatoms. The molecule has 0 aliphatic carbocycles. The van der Waals surface area contributed by atoms with Crippen molar-refractivity contribution in [3.05, 3.63) is 12.1 Å². The molecule has 1 aromatic carbocycles. The number of anilines is 2. The Balaban J connectivity index is 3.05. The molecule has 0 saturated heterocycles. The van der Waals surface area contributed by atoms with Gasteiger partial charge in [0.2, 0.25) is 0 Å². The summed E-state index contributed by atoms with van der Waals surface area (Å²) >= 11 is 0. The van der Waals surface area contributed by atoms with E-state index in [2.05, 4.69) is 9.47 Å². The van der Waals surface area contributed by atoms with Crippen LogP contribution in [0, 0.1) is 0 Å². The first kappa shape index (κ1) is 14.1. The van der Waals surface area contributed by atoms with Crippen LogP contribution in [0.25, 0.3) is 0 Å². The largest absolute Gasteiger partial charge is 0.573 e. The molecule has 0 heterocycles. The molecule has 0 atom stereocenters. The van der Waals surface area contributed by atoms with Gasteiger partial charge < -0.3 is 20.9 Å². The molecule has 0 aliphatic heterocycles. The van der Waals surface area contributed by atoms with Gasteiger partial charge in [0.05, 0.1) is 11.4 Å². The average Bonchev–Trinajstić information content (AvgIpc) is 2.08. The van der Waals surface area contributed by atoms with Gasteiger partial charge in [0.1, 0.15) is 0 Å². The van der Waals surface area contributed by atoms with Gasteiger partial charge in [0.25, 0.3) is 0 Å². The normalized spacial score (nSPS) is 12.3. The fourth-order valence-electron chi connectivity index (χ4n) is 1.02. The Kier molecular flexibility index (Phi) is 3.40. The van der Waals surface area contributed by atoms with Crippen molar-refractivity contribution in [2.75, 3.05) is 11.5 Å². The lowest BCUT2D eigenvalue weighted by molar-refractivity contribution is -0.276. The zero-order valence-electron chi connectivity index (χ0n) is 8.39. The van der Waals surface area contributed by atoms with Gasteiger partial charge in [-0.05, 0) is 0 Å². The molecule has 1 aromatic rings. The zero-order chi connectivity index (χ0) is 14.1. The Hall–Kier alpha value is -2.00. The Bertz CT molecular complexity index is 401. The molecule has 0 unspecified atom stereocenters. The minimum absolute atomic E-state index is 0.490. The van der Waals surface area contributed by atoms with Crippen molar-refractivity contribution in [1.29, 1.82) is 0 Å². The molecule has 4 nitrogen and oxygen atoms in total. The predicted octanol–water partition coefficient (Wildman–Crippen LogP) is 2.65. The van der Waals surface area contributed by atoms with Crippen LogP contribution >= 0.6 is 0 Å². The lowest BCUT2D eigenvalue weighted by atomic mass is 10.2. The van der Waals surface area contributed by atoms with E-state index < -0.39 is 35.6 Å². The van der Waals surface area contributed by atoms with E-state index in [1.807, 2.05) is 0 Å². The van der Waals surface area contributed by atoms with E-state index >= 15 is 0 Å². The number of benzene rings is 1. The van der Waals surface area contributed by atoms with Crippen molar-refractivity contribution < 1.29 is 35.8 Å². The molecule has 0 saturated carbocycles. The Labute approximate surface area is 96.1 Å². The molecule has 1 rings (SSSR count). The van der Waals surface area contributed by atoms with Crippen molar-refractivity contribution in [1.82, 2.24) is 0 Å². The van der Waals surface area contributed by atoms with Crippen LogP contribution in [0.1, 0.15) is 0 Å². The van der Waals surface area contributed by atoms with Crippen LogP contribution in [-0.4, -0.2) is 12.7 Å².